The molecule has 0 bridgehead atoms. The van der Waals surface area contributed by atoms with Gasteiger partial charge in [0.2, 0.25) is 0 Å². The fourth-order valence-corrected chi connectivity index (χ4v) is 2.98. The number of carbonyl (C=O) groups excluding carboxylic acids is 3. The van der Waals surface area contributed by atoms with Crippen molar-refractivity contribution < 1.29 is 14.4 Å². The Morgan fingerprint density at radius 3 is 2.62 bits per heavy atom. The lowest BCUT2D eigenvalue weighted by molar-refractivity contribution is -0.140. The first-order chi connectivity index (χ1) is 12.5. The summed E-state index contributed by atoms with van der Waals surface area (Å²) in [6, 6.07) is 9.90. The van der Waals surface area contributed by atoms with E-state index < -0.39 is 17.9 Å². The number of anilines is 1. The van der Waals surface area contributed by atoms with E-state index in [0.717, 1.165) is 11.3 Å². The number of carbonyl (C=O) groups is 3. The number of rotatable bonds is 4. The highest BCUT2D eigenvalue weighted by Crippen LogP contribution is 2.36. The molecule has 1 aromatic heterocycles. The van der Waals surface area contributed by atoms with Crippen molar-refractivity contribution in [1.82, 2.24) is 15.6 Å². The average molecular weight is 352 g/mol. The van der Waals surface area contributed by atoms with Crippen molar-refractivity contribution in [3.63, 3.8) is 0 Å². The van der Waals surface area contributed by atoms with Gasteiger partial charge < -0.3 is 15.5 Å². The first-order valence-electron chi connectivity index (χ1n) is 8.38. The second kappa shape index (κ2) is 7.35. The normalized spacial score (nSPS) is 15.7. The Morgan fingerprint density at radius 2 is 1.92 bits per heavy atom. The predicted octanol–water partition coefficient (Wildman–Crippen LogP) is 1.31. The van der Waals surface area contributed by atoms with Gasteiger partial charge in [0.1, 0.15) is 6.04 Å². The summed E-state index contributed by atoms with van der Waals surface area (Å²) in [5.41, 5.74) is 2.23. The highest BCUT2D eigenvalue weighted by Gasteiger charge is 2.39. The molecule has 0 fully saturated rings. The van der Waals surface area contributed by atoms with Crippen LogP contribution >= 0.6 is 0 Å². The Labute approximate surface area is 151 Å². The van der Waals surface area contributed by atoms with E-state index in [0.29, 0.717) is 5.56 Å². The Hall–Kier alpha value is -3.22. The topological polar surface area (TPSA) is 91.4 Å². The molecule has 2 N–H and O–H groups in total. The van der Waals surface area contributed by atoms with Gasteiger partial charge in [-0.25, -0.2) is 0 Å². The molecule has 0 aliphatic carbocycles. The highest BCUT2D eigenvalue weighted by molar-refractivity contribution is 6.35. The number of aromatic nitrogens is 1. The van der Waals surface area contributed by atoms with Crippen LogP contribution in [0.25, 0.3) is 0 Å². The van der Waals surface area contributed by atoms with Crippen molar-refractivity contribution in [2.45, 2.75) is 32.5 Å². The van der Waals surface area contributed by atoms with E-state index in [1.807, 2.05) is 26.0 Å². The first kappa shape index (κ1) is 17.6. The number of benzene rings is 1. The summed E-state index contributed by atoms with van der Waals surface area (Å²) in [5, 5.41) is 5.08. The van der Waals surface area contributed by atoms with Crippen LogP contribution in [0, 0.1) is 0 Å². The molecular weight excluding hydrogens is 332 g/mol. The average Bonchev–Trinajstić information content (AvgIpc) is 2.92. The van der Waals surface area contributed by atoms with Gasteiger partial charge in [-0.1, -0.05) is 24.3 Å². The number of pyridine rings is 1. The summed E-state index contributed by atoms with van der Waals surface area (Å²) >= 11 is 0. The van der Waals surface area contributed by atoms with Crippen LogP contribution in [-0.4, -0.2) is 28.7 Å². The molecule has 3 rings (SSSR count). The van der Waals surface area contributed by atoms with Gasteiger partial charge in [-0.3, -0.25) is 19.4 Å². The fourth-order valence-electron chi connectivity index (χ4n) is 2.98. The van der Waals surface area contributed by atoms with Crippen LogP contribution in [0.2, 0.25) is 0 Å². The zero-order chi connectivity index (χ0) is 18.7. The quantitative estimate of drug-likeness (QED) is 0.812. The summed E-state index contributed by atoms with van der Waals surface area (Å²) in [6.07, 6.45) is 3.23. The molecule has 2 aromatic rings. The second-order valence-corrected chi connectivity index (χ2v) is 6.31. The van der Waals surface area contributed by atoms with E-state index in [-0.39, 0.29) is 18.5 Å². The van der Waals surface area contributed by atoms with Gasteiger partial charge >= 0.3 is 11.8 Å². The lowest BCUT2D eigenvalue weighted by atomic mass is 10.1. The van der Waals surface area contributed by atoms with Crippen LogP contribution in [0.4, 0.5) is 5.69 Å². The van der Waals surface area contributed by atoms with Gasteiger partial charge in [0.25, 0.3) is 5.91 Å². The van der Waals surface area contributed by atoms with Crippen LogP contribution < -0.4 is 15.5 Å². The number of amides is 3. The molecule has 26 heavy (non-hydrogen) atoms. The van der Waals surface area contributed by atoms with Crippen molar-refractivity contribution in [3.05, 3.63) is 59.9 Å². The van der Waals surface area contributed by atoms with E-state index >= 15 is 0 Å². The molecule has 7 nitrogen and oxygen atoms in total. The molecule has 1 aliphatic heterocycles. The molecule has 7 heteroatoms. The second-order valence-electron chi connectivity index (χ2n) is 6.31. The number of fused-ring (bicyclic) bond motifs is 1. The van der Waals surface area contributed by atoms with Crippen molar-refractivity contribution in [2.75, 3.05) is 4.90 Å². The van der Waals surface area contributed by atoms with E-state index in [9.17, 15) is 14.4 Å². The third kappa shape index (κ3) is 3.42. The maximum absolute atomic E-state index is 12.7. The van der Waals surface area contributed by atoms with Crippen LogP contribution in [0.1, 0.15) is 31.0 Å². The minimum atomic E-state index is -0.856. The number of hydrogen-bond acceptors (Lipinski definition) is 4. The van der Waals surface area contributed by atoms with E-state index in [1.165, 1.54) is 0 Å². The van der Waals surface area contributed by atoms with Gasteiger partial charge in [0, 0.05) is 36.2 Å². The van der Waals surface area contributed by atoms with Crippen LogP contribution in [-0.2, 0) is 20.9 Å². The molecule has 1 aliphatic rings. The molecule has 0 radical (unpaired) electrons. The lowest BCUT2D eigenvalue weighted by Crippen LogP contribution is -2.45. The zero-order valence-corrected chi connectivity index (χ0v) is 14.6. The summed E-state index contributed by atoms with van der Waals surface area (Å²) < 4.78 is 0. The van der Waals surface area contributed by atoms with Crippen molar-refractivity contribution in [2.24, 2.45) is 0 Å². The third-order valence-electron chi connectivity index (χ3n) is 4.17. The number of hydrogen-bond donors (Lipinski definition) is 2. The minimum absolute atomic E-state index is 0.0510. The smallest absolute Gasteiger partial charge is 0.310 e. The minimum Gasteiger partial charge on any atom is -0.344 e. The molecule has 0 spiro atoms. The molecule has 0 unspecified atom stereocenters. The van der Waals surface area contributed by atoms with Crippen molar-refractivity contribution in [3.8, 4) is 0 Å². The number of nitrogens with one attached hydrogen (secondary N) is 2. The van der Waals surface area contributed by atoms with Crippen LogP contribution in [0.15, 0.2) is 48.8 Å². The summed E-state index contributed by atoms with van der Waals surface area (Å²) in [5.74, 6) is -1.87. The summed E-state index contributed by atoms with van der Waals surface area (Å²) in [7, 11) is 0. The van der Waals surface area contributed by atoms with E-state index in [1.54, 1.807) is 41.6 Å². The Balaban J connectivity index is 1.69. The molecule has 3 amide bonds. The lowest BCUT2D eigenvalue weighted by Gasteiger charge is -2.22. The summed E-state index contributed by atoms with van der Waals surface area (Å²) in [4.78, 5) is 42.6. The fraction of sp³-hybridized carbons (Fsp3) is 0.263. The Bertz CT molecular complexity index is 836. The van der Waals surface area contributed by atoms with E-state index in [2.05, 4.69) is 15.6 Å². The maximum atomic E-state index is 12.7. The van der Waals surface area contributed by atoms with Gasteiger partial charge in [-0.15, -0.1) is 0 Å². The molecule has 0 saturated heterocycles. The molecule has 2 heterocycles. The number of nitrogens with zero attached hydrogens (tertiary/aromatic N) is 2. The molecule has 1 aromatic carbocycles. The standard InChI is InChI=1S/C19H20N4O3/c1-12(2)23-15-8-4-3-7-14(15)16(19(23)26)22-18(25)17(24)21-11-13-6-5-9-20-10-13/h3-10,12,16H,11H2,1-2H3,(H,21,24)(H,22,25)/t16-/m1/s1. The number of para-hydroxylation sites is 1. The first-order valence-corrected chi connectivity index (χ1v) is 8.38. The van der Waals surface area contributed by atoms with Crippen LogP contribution in [0.5, 0.6) is 0 Å². The van der Waals surface area contributed by atoms with Crippen molar-refractivity contribution in [1.29, 1.82) is 0 Å². The summed E-state index contributed by atoms with van der Waals surface area (Å²) in [6.45, 7) is 3.99. The maximum Gasteiger partial charge on any atom is 0.310 e. The Morgan fingerprint density at radius 1 is 1.15 bits per heavy atom. The van der Waals surface area contributed by atoms with E-state index in [4.69, 9.17) is 0 Å². The van der Waals surface area contributed by atoms with Gasteiger partial charge in [-0.05, 0) is 31.5 Å². The van der Waals surface area contributed by atoms with Crippen LogP contribution in [0.3, 0.4) is 0 Å². The largest absolute Gasteiger partial charge is 0.344 e. The zero-order valence-electron chi connectivity index (χ0n) is 14.6. The molecule has 1 atom stereocenters. The monoisotopic (exact) mass is 352 g/mol. The molecule has 0 saturated carbocycles. The predicted molar refractivity (Wildman–Crippen MR) is 96.0 cm³/mol. The SMILES string of the molecule is CC(C)N1C(=O)[C@H](NC(=O)C(=O)NCc2cccnc2)c2ccccc21. The Kier molecular flexibility index (Phi) is 4.97. The third-order valence-corrected chi connectivity index (χ3v) is 4.17. The van der Waals surface area contributed by atoms with Crippen molar-refractivity contribution >= 4 is 23.4 Å². The van der Waals surface area contributed by atoms with Gasteiger partial charge in [0.05, 0.1) is 0 Å². The molecular formula is C19H20N4O3. The molecule has 134 valence electrons. The highest BCUT2D eigenvalue weighted by atomic mass is 16.2. The van der Waals surface area contributed by atoms with Gasteiger partial charge in [0.15, 0.2) is 0 Å². The van der Waals surface area contributed by atoms with Gasteiger partial charge in [-0.2, -0.15) is 0 Å².